The molecule has 0 aliphatic carbocycles. The molecule has 15 heavy (non-hydrogen) atoms. The average Bonchev–Trinajstić information content (AvgIpc) is 2.23. The second-order valence-corrected chi connectivity index (χ2v) is 5.06. The molecule has 2 nitrogen and oxygen atoms in total. The maximum Gasteiger partial charge on any atom is 0.189 e. The Morgan fingerprint density at radius 2 is 2.07 bits per heavy atom. The highest BCUT2D eigenvalue weighted by molar-refractivity contribution is 9.10. The first kappa shape index (κ1) is 11.2. The molecule has 0 atom stereocenters. The number of aryl methyl sites for hydroxylation is 1. The van der Waals surface area contributed by atoms with Gasteiger partial charge in [0.15, 0.2) is 5.16 Å². The van der Waals surface area contributed by atoms with Crippen LogP contribution in [-0.2, 0) is 0 Å². The fraction of sp³-hybridized carbons (Fsp3) is 0.200. The number of aromatic nitrogens is 2. The van der Waals surface area contributed by atoms with Crippen molar-refractivity contribution in [2.24, 2.45) is 0 Å². The van der Waals surface area contributed by atoms with Crippen LogP contribution in [0.5, 0.6) is 0 Å². The highest BCUT2D eigenvalue weighted by Gasteiger charge is 2.09. The fourth-order valence-corrected chi connectivity index (χ4v) is 2.31. The number of fused-ring (bicyclic) bond motifs is 1. The summed E-state index contributed by atoms with van der Waals surface area (Å²) in [6, 6.07) is 3.89. The first-order valence-corrected chi connectivity index (χ1v) is 6.69. The molecule has 0 spiro atoms. The van der Waals surface area contributed by atoms with E-state index in [4.69, 9.17) is 11.6 Å². The van der Waals surface area contributed by atoms with Gasteiger partial charge in [0.25, 0.3) is 0 Å². The molecule has 0 unspecified atom stereocenters. The topological polar surface area (TPSA) is 25.8 Å². The molecular formula is C10H8BrClN2S. The second kappa shape index (κ2) is 4.28. The van der Waals surface area contributed by atoms with Gasteiger partial charge in [0.2, 0.25) is 0 Å². The van der Waals surface area contributed by atoms with Crippen LogP contribution in [0.2, 0.25) is 5.15 Å². The quantitative estimate of drug-likeness (QED) is 0.451. The molecule has 0 amide bonds. The van der Waals surface area contributed by atoms with Crippen molar-refractivity contribution >= 4 is 50.2 Å². The predicted octanol–water partition coefficient (Wildman–Crippen LogP) is 4.08. The molecule has 78 valence electrons. The van der Waals surface area contributed by atoms with Crippen molar-refractivity contribution in [3.63, 3.8) is 0 Å². The third-order valence-corrected chi connectivity index (χ3v) is 3.87. The van der Waals surface area contributed by atoms with Crippen molar-refractivity contribution in [1.29, 1.82) is 0 Å². The van der Waals surface area contributed by atoms with E-state index in [9.17, 15) is 0 Å². The lowest BCUT2D eigenvalue weighted by Crippen LogP contribution is -1.92. The van der Waals surface area contributed by atoms with E-state index in [-0.39, 0.29) is 0 Å². The van der Waals surface area contributed by atoms with Crippen LogP contribution in [-0.4, -0.2) is 16.2 Å². The van der Waals surface area contributed by atoms with Crippen LogP contribution in [0, 0.1) is 6.92 Å². The molecular weight excluding hydrogens is 296 g/mol. The van der Waals surface area contributed by atoms with E-state index >= 15 is 0 Å². The Kier molecular flexibility index (Phi) is 3.19. The van der Waals surface area contributed by atoms with Crippen LogP contribution in [0.15, 0.2) is 21.8 Å². The predicted molar refractivity (Wildman–Crippen MR) is 68.8 cm³/mol. The summed E-state index contributed by atoms with van der Waals surface area (Å²) in [4.78, 5) is 8.64. The Morgan fingerprint density at radius 1 is 1.33 bits per heavy atom. The molecule has 0 N–H and O–H groups in total. The van der Waals surface area contributed by atoms with Gasteiger partial charge in [-0.1, -0.05) is 39.3 Å². The standard InChI is InChI=1S/C10H8BrClN2S/c1-5-7(11)4-3-6-8(5)13-10(15-2)14-9(6)12/h3-4H,1-2H3. The lowest BCUT2D eigenvalue weighted by molar-refractivity contribution is 1.00. The number of nitrogens with zero attached hydrogens (tertiary/aromatic N) is 2. The molecule has 5 heteroatoms. The van der Waals surface area contributed by atoms with Gasteiger partial charge in [-0.15, -0.1) is 0 Å². The van der Waals surface area contributed by atoms with Crippen LogP contribution in [0.4, 0.5) is 0 Å². The molecule has 0 saturated heterocycles. The molecule has 0 aliphatic heterocycles. The van der Waals surface area contributed by atoms with Gasteiger partial charge < -0.3 is 0 Å². The Labute approximate surface area is 106 Å². The van der Waals surface area contributed by atoms with Gasteiger partial charge in [-0.2, -0.15) is 0 Å². The van der Waals surface area contributed by atoms with Gasteiger partial charge in [-0.25, -0.2) is 9.97 Å². The summed E-state index contributed by atoms with van der Waals surface area (Å²) in [5, 5.41) is 2.11. The Bertz CT molecular complexity index is 530. The number of benzene rings is 1. The maximum atomic E-state index is 6.09. The zero-order chi connectivity index (χ0) is 11.0. The average molecular weight is 304 g/mol. The summed E-state index contributed by atoms with van der Waals surface area (Å²) in [7, 11) is 0. The van der Waals surface area contributed by atoms with Gasteiger partial charge >= 0.3 is 0 Å². The van der Waals surface area contributed by atoms with Crippen LogP contribution in [0.25, 0.3) is 10.9 Å². The minimum Gasteiger partial charge on any atom is -0.222 e. The van der Waals surface area contributed by atoms with E-state index in [2.05, 4.69) is 25.9 Å². The van der Waals surface area contributed by atoms with E-state index in [1.807, 2.05) is 25.3 Å². The normalized spacial score (nSPS) is 10.9. The molecule has 1 aromatic heterocycles. The number of thioether (sulfide) groups is 1. The minimum absolute atomic E-state index is 0.514. The lowest BCUT2D eigenvalue weighted by Gasteiger charge is -2.06. The van der Waals surface area contributed by atoms with E-state index in [0.29, 0.717) is 10.3 Å². The molecule has 1 heterocycles. The van der Waals surface area contributed by atoms with Crippen molar-refractivity contribution in [2.75, 3.05) is 6.26 Å². The molecule has 0 saturated carbocycles. The first-order chi connectivity index (χ1) is 7.13. The van der Waals surface area contributed by atoms with E-state index < -0.39 is 0 Å². The smallest absolute Gasteiger partial charge is 0.189 e. The number of hydrogen-bond acceptors (Lipinski definition) is 3. The zero-order valence-corrected chi connectivity index (χ0v) is 11.4. The van der Waals surface area contributed by atoms with Crippen molar-refractivity contribution < 1.29 is 0 Å². The molecule has 0 fully saturated rings. The van der Waals surface area contributed by atoms with Crippen molar-refractivity contribution in [1.82, 2.24) is 9.97 Å². The fourth-order valence-electron chi connectivity index (χ4n) is 1.34. The van der Waals surface area contributed by atoms with Crippen LogP contribution in [0.1, 0.15) is 5.56 Å². The molecule has 0 radical (unpaired) electrons. The summed E-state index contributed by atoms with van der Waals surface area (Å²) in [5.41, 5.74) is 2.00. The minimum atomic E-state index is 0.514. The van der Waals surface area contributed by atoms with Gasteiger partial charge in [-0.3, -0.25) is 0 Å². The van der Waals surface area contributed by atoms with Crippen molar-refractivity contribution in [2.45, 2.75) is 12.1 Å². The lowest BCUT2D eigenvalue weighted by atomic mass is 10.1. The third-order valence-electron chi connectivity index (χ3n) is 2.17. The van der Waals surface area contributed by atoms with Gasteiger partial charge in [0, 0.05) is 9.86 Å². The van der Waals surface area contributed by atoms with E-state index in [0.717, 1.165) is 20.9 Å². The Morgan fingerprint density at radius 3 is 2.73 bits per heavy atom. The number of hydrogen-bond donors (Lipinski definition) is 0. The number of halogens is 2. The SMILES string of the molecule is CSc1nc(Cl)c2ccc(Br)c(C)c2n1. The molecule has 0 aliphatic rings. The van der Waals surface area contributed by atoms with Crippen LogP contribution in [0.3, 0.4) is 0 Å². The first-order valence-electron chi connectivity index (χ1n) is 4.30. The highest BCUT2D eigenvalue weighted by Crippen LogP contribution is 2.29. The van der Waals surface area contributed by atoms with Gasteiger partial charge in [-0.05, 0) is 30.9 Å². The van der Waals surface area contributed by atoms with E-state index in [1.54, 1.807) is 0 Å². The van der Waals surface area contributed by atoms with Gasteiger partial charge in [0.05, 0.1) is 5.52 Å². The summed E-state index contributed by atoms with van der Waals surface area (Å²) in [5.74, 6) is 0. The maximum absolute atomic E-state index is 6.09. The summed E-state index contributed by atoms with van der Waals surface area (Å²) in [6.07, 6.45) is 1.94. The van der Waals surface area contributed by atoms with Crippen molar-refractivity contribution in [3.8, 4) is 0 Å². The summed E-state index contributed by atoms with van der Waals surface area (Å²) < 4.78 is 1.04. The monoisotopic (exact) mass is 302 g/mol. The molecule has 1 aromatic carbocycles. The van der Waals surface area contributed by atoms with Crippen LogP contribution < -0.4 is 0 Å². The van der Waals surface area contributed by atoms with E-state index in [1.165, 1.54) is 11.8 Å². The second-order valence-electron chi connectivity index (χ2n) is 3.07. The molecule has 2 rings (SSSR count). The van der Waals surface area contributed by atoms with Gasteiger partial charge in [0.1, 0.15) is 5.15 Å². The highest BCUT2D eigenvalue weighted by atomic mass is 79.9. The largest absolute Gasteiger partial charge is 0.222 e. The third kappa shape index (κ3) is 1.98. The van der Waals surface area contributed by atoms with Crippen LogP contribution >= 0.6 is 39.3 Å². The summed E-state index contributed by atoms with van der Waals surface area (Å²) >= 11 is 11.1. The Hall–Kier alpha value is -0.320. The van der Waals surface area contributed by atoms with Crippen molar-refractivity contribution in [3.05, 3.63) is 27.3 Å². The Balaban J connectivity index is 2.86. The summed E-state index contributed by atoms with van der Waals surface area (Å²) in [6.45, 7) is 2.01. The molecule has 2 aromatic rings. The molecule has 0 bridgehead atoms. The zero-order valence-electron chi connectivity index (χ0n) is 8.21. The number of rotatable bonds is 1.